The minimum absolute atomic E-state index is 0.0854. The summed E-state index contributed by atoms with van der Waals surface area (Å²) in [5.41, 5.74) is 0.241. The Balaban J connectivity index is 1.91. The molecule has 1 aliphatic heterocycles. The molecule has 1 aromatic carbocycles. The van der Waals surface area contributed by atoms with Crippen LogP contribution in [-0.4, -0.2) is 27.5 Å². The van der Waals surface area contributed by atoms with E-state index in [1.807, 2.05) is 0 Å². The summed E-state index contributed by atoms with van der Waals surface area (Å²) in [6, 6.07) is 9.31. The van der Waals surface area contributed by atoms with Crippen molar-refractivity contribution in [3.63, 3.8) is 0 Å². The number of carbonyl (C=O) groups excluding carboxylic acids is 2. The van der Waals surface area contributed by atoms with Crippen LogP contribution in [-0.2, 0) is 4.79 Å². The molecule has 3 rings (SSSR count). The summed E-state index contributed by atoms with van der Waals surface area (Å²) >= 11 is 0.764. The van der Waals surface area contributed by atoms with Crippen LogP contribution in [0, 0.1) is 22.5 Å². The van der Waals surface area contributed by atoms with Crippen molar-refractivity contribution in [1.29, 1.82) is 0 Å². The second kappa shape index (κ2) is 6.67. The van der Waals surface area contributed by atoms with E-state index >= 15 is 0 Å². The van der Waals surface area contributed by atoms with Gasteiger partial charge in [0.15, 0.2) is 0 Å². The van der Waals surface area contributed by atoms with Crippen molar-refractivity contribution in [3.8, 4) is 23.7 Å². The van der Waals surface area contributed by atoms with Gasteiger partial charge < -0.3 is 4.42 Å². The molecule has 0 saturated carbocycles. The average molecular weight is 354 g/mol. The molecule has 1 saturated heterocycles. The molecule has 0 N–H and O–H groups in total. The minimum atomic E-state index is -0.497. The van der Waals surface area contributed by atoms with E-state index in [0.29, 0.717) is 17.1 Å². The average Bonchev–Trinajstić information content (AvgIpc) is 3.16. The van der Waals surface area contributed by atoms with Crippen molar-refractivity contribution < 1.29 is 18.9 Å². The number of imide groups is 1. The molecular formula is C17H10N2O5S. The number of nitrogens with zero attached hydrogens (tertiary/aromatic N) is 2. The highest BCUT2D eigenvalue weighted by atomic mass is 32.2. The van der Waals surface area contributed by atoms with Crippen molar-refractivity contribution in [3.05, 3.63) is 57.2 Å². The van der Waals surface area contributed by atoms with Crippen LogP contribution in [0.2, 0.25) is 0 Å². The molecule has 1 aromatic heterocycles. The van der Waals surface area contributed by atoms with Crippen LogP contribution in [0.15, 0.2) is 45.7 Å². The van der Waals surface area contributed by atoms with Gasteiger partial charge in [0.2, 0.25) is 0 Å². The fraction of sp³-hybridized carbons (Fsp3) is 0.0588. The largest absolute Gasteiger partial charge is 0.456 e. The van der Waals surface area contributed by atoms with Gasteiger partial charge in [0.25, 0.3) is 16.8 Å². The summed E-state index contributed by atoms with van der Waals surface area (Å²) in [5.74, 6) is 2.36. The zero-order chi connectivity index (χ0) is 18.0. The van der Waals surface area contributed by atoms with E-state index < -0.39 is 16.1 Å². The Bertz CT molecular complexity index is 954. The maximum atomic E-state index is 12.1. The van der Waals surface area contributed by atoms with Gasteiger partial charge in [0.05, 0.1) is 21.9 Å². The van der Waals surface area contributed by atoms with Gasteiger partial charge in [-0.3, -0.25) is 24.6 Å². The number of nitro benzene ring substituents is 1. The van der Waals surface area contributed by atoms with E-state index in [-0.39, 0.29) is 17.1 Å². The first-order valence-corrected chi connectivity index (χ1v) is 7.85. The summed E-state index contributed by atoms with van der Waals surface area (Å²) in [7, 11) is 0. The molecule has 0 bridgehead atoms. The monoisotopic (exact) mass is 354 g/mol. The standard InChI is InChI=1S/C17H10N2O5S/c1-2-9-18-16(20)15(25-17(18)21)10-11-7-8-14(24-11)12-5-3-4-6-13(12)19(22)23/h1,3-8,10H,9H2/b15-10+. The Hall–Kier alpha value is -3.31. The van der Waals surface area contributed by atoms with Crippen molar-refractivity contribution >= 4 is 34.7 Å². The van der Waals surface area contributed by atoms with Crippen LogP contribution in [0.3, 0.4) is 0 Å². The predicted molar refractivity (Wildman–Crippen MR) is 92.3 cm³/mol. The molecule has 2 amide bonds. The number of furan rings is 1. The lowest BCUT2D eigenvalue weighted by atomic mass is 10.1. The second-order valence-electron chi connectivity index (χ2n) is 4.95. The fourth-order valence-corrected chi connectivity index (χ4v) is 3.09. The van der Waals surface area contributed by atoms with Gasteiger partial charge in [0, 0.05) is 12.1 Å². The Kier molecular flexibility index (Phi) is 4.41. The summed E-state index contributed by atoms with van der Waals surface area (Å²) in [6.07, 6.45) is 6.56. The van der Waals surface area contributed by atoms with Crippen LogP contribution in [0.25, 0.3) is 17.4 Å². The lowest BCUT2D eigenvalue weighted by Gasteiger charge is -2.06. The molecule has 8 heteroatoms. The quantitative estimate of drug-likeness (QED) is 0.361. The van der Waals surface area contributed by atoms with Crippen molar-refractivity contribution in [2.45, 2.75) is 0 Å². The van der Waals surface area contributed by atoms with E-state index in [2.05, 4.69) is 5.92 Å². The first kappa shape index (κ1) is 16.5. The number of para-hydroxylation sites is 1. The fourth-order valence-electron chi connectivity index (χ4n) is 2.27. The van der Waals surface area contributed by atoms with E-state index in [1.54, 1.807) is 30.3 Å². The van der Waals surface area contributed by atoms with Crippen LogP contribution < -0.4 is 0 Å². The molecular weight excluding hydrogens is 344 g/mol. The van der Waals surface area contributed by atoms with Crippen LogP contribution in [0.1, 0.15) is 5.76 Å². The molecule has 2 aromatic rings. The van der Waals surface area contributed by atoms with Gasteiger partial charge in [-0.2, -0.15) is 0 Å². The summed E-state index contributed by atoms with van der Waals surface area (Å²) < 4.78 is 5.58. The molecule has 0 aliphatic carbocycles. The number of terminal acetylenes is 1. The van der Waals surface area contributed by atoms with Gasteiger partial charge in [-0.1, -0.05) is 18.1 Å². The number of nitro groups is 1. The lowest BCUT2D eigenvalue weighted by Crippen LogP contribution is -2.28. The zero-order valence-corrected chi connectivity index (χ0v) is 13.5. The number of thioether (sulfide) groups is 1. The molecule has 0 spiro atoms. The summed E-state index contributed by atoms with van der Waals surface area (Å²) in [5, 5.41) is 10.7. The summed E-state index contributed by atoms with van der Waals surface area (Å²) in [6.45, 7) is -0.0956. The maximum Gasteiger partial charge on any atom is 0.294 e. The van der Waals surface area contributed by atoms with E-state index in [0.717, 1.165) is 16.7 Å². The highest BCUT2D eigenvalue weighted by Gasteiger charge is 2.34. The number of carbonyl (C=O) groups is 2. The Morgan fingerprint density at radius 3 is 2.76 bits per heavy atom. The SMILES string of the molecule is C#CCN1C(=O)S/C(=C/c2ccc(-c3ccccc3[N+](=O)[O-])o2)C1=O. The molecule has 0 unspecified atom stereocenters. The number of amides is 2. The van der Waals surface area contributed by atoms with Gasteiger partial charge >= 0.3 is 0 Å². The minimum Gasteiger partial charge on any atom is -0.456 e. The summed E-state index contributed by atoms with van der Waals surface area (Å²) in [4.78, 5) is 35.6. The third kappa shape index (κ3) is 3.18. The van der Waals surface area contributed by atoms with E-state index in [1.165, 1.54) is 12.1 Å². The molecule has 7 nitrogen and oxygen atoms in total. The van der Waals surface area contributed by atoms with Crippen molar-refractivity contribution in [2.75, 3.05) is 6.54 Å². The predicted octanol–water partition coefficient (Wildman–Crippen LogP) is 3.52. The Labute approximate surface area is 146 Å². The zero-order valence-electron chi connectivity index (χ0n) is 12.7. The van der Waals surface area contributed by atoms with Gasteiger partial charge in [-0.15, -0.1) is 6.42 Å². The van der Waals surface area contributed by atoms with Crippen LogP contribution in [0.5, 0.6) is 0 Å². The van der Waals surface area contributed by atoms with Gasteiger partial charge in [-0.05, 0) is 30.0 Å². The smallest absolute Gasteiger partial charge is 0.294 e. The third-order valence-electron chi connectivity index (χ3n) is 3.39. The number of benzene rings is 1. The maximum absolute atomic E-state index is 12.1. The molecule has 2 heterocycles. The van der Waals surface area contributed by atoms with Crippen LogP contribution in [0.4, 0.5) is 10.5 Å². The molecule has 0 atom stereocenters. The first-order valence-electron chi connectivity index (χ1n) is 7.03. The second-order valence-corrected chi connectivity index (χ2v) is 5.94. The van der Waals surface area contributed by atoms with E-state index in [4.69, 9.17) is 10.8 Å². The lowest BCUT2D eigenvalue weighted by molar-refractivity contribution is -0.384. The molecule has 0 radical (unpaired) electrons. The molecule has 25 heavy (non-hydrogen) atoms. The third-order valence-corrected chi connectivity index (χ3v) is 4.30. The van der Waals surface area contributed by atoms with Crippen molar-refractivity contribution in [2.24, 2.45) is 0 Å². The van der Waals surface area contributed by atoms with Gasteiger partial charge in [0.1, 0.15) is 11.5 Å². The number of hydrogen-bond acceptors (Lipinski definition) is 6. The highest BCUT2D eigenvalue weighted by Crippen LogP contribution is 2.34. The molecule has 1 fully saturated rings. The normalized spacial score (nSPS) is 15.6. The first-order chi connectivity index (χ1) is 12.0. The van der Waals surface area contributed by atoms with E-state index in [9.17, 15) is 19.7 Å². The van der Waals surface area contributed by atoms with Crippen molar-refractivity contribution in [1.82, 2.24) is 4.90 Å². The Morgan fingerprint density at radius 2 is 2.04 bits per heavy atom. The topological polar surface area (TPSA) is 93.7 Å². The van der Waals surface area contributed by atoms with Gasteiger partial charge in [-0.25, -0.2) is 0 Å². The Morgan fingerprint density at radius 1 is 1.28 bits per heavy atom. The molecule has 1 aliphatic rings. The number of hydrogen-bond donors (Lipinski definition) is 0. The highest BCUT2D eigenvalue weighted by molar-refractivity contribution is 8.18. The molecule has 124 valence electrons. The number of rotatable bonds is 4. The van der Waals surface area contributed by atoms with Crippen LogP contribution >= 0.6 is 11.8 Å².